The van der Waals surface area contributed by atoms with E-state index in [0.717, 1.165) is 11.3 Å². The predicted molar refractivity (Wildman–Crippen MR) is 97.7 cm³/mol. The van der Waals surface area contributed by atoms with Crippen molar-refractivity contribution in [3.63, 3.8) is 0 Å². The second-order valence-electron chi connectivity index (χ2n) is 7.44. The van der Waals surface area contributed by atoms with Crippen LogP contribution in [0.15, 0.2) is 33.1 Å². The normalized spacial score (nSPS) is 29.2. The molecule has 148 valence electrons. The van der Waals surface area contributed by atoms with Crippen LogP contribution in [0.3, 0.4) is 0 Å². The number of nitrogens with zero attached hydrogens (tertiary/aromatic N) is 2. The highest BCUT2D eigenvalue weighted by molar-refractivity contribution is 7.91. The Labute approximate surface area is 161 Å². The average Bonchev–Trinajstić information content (AvgIpc) is 3.30. The Kier molecular flexibility index (Phi) is 4.68. The first-order valence-electron chi connectivity index (χ1n) is 8.77. The van der Waals surface area contributed by atoms with E-state index in [0.29, 0.717) is 43.0 Å². The quantitative estimate of drug-likeness (QED) is 0.782. The number of aliphatic hydroxyl groups excluding tert-OH is 1. The largest absolute Gasteiger partial charge is 0.388 e. The fourth-order valence-corrected chi connectivity index (χ4v) is 6.63. The lowest BCUT2D eigenvalue weighted by Crippen LogP contribution is -2.59. The highest BCUT2D eigenvalue weighted by atomic mass is 32.2. The zero-order valence-electron chi connectivity index (χ0n) is 14.9. The second-order valence-corrected chi connectivity index (χ2v) is 10.7. The Balaban J connectivity index is 1.48. The van der Waals surface area contributed by atoms with E-state index in [1.54, 1.807) is 25.1 Å². The summed E-state index contributed by atoms with van der Waals surface area (Å²) in [6.45, 7) is 2.28. The van der Waals surface area contributed by atoms with Gasteiger partial charge in [-0.05, 0) is 31.9 Å². The molecule has 2 aliphatic rings. The Morgan fingerprint density at radius 3 is 2.67 bits per heavy atom. The molecule has 0 aromatic carbocycles. The minimum Gasteiger partial charge on any atom is -0.388 e. The molecule has 2 N–H and O–H groups in total. The third kappa shape index (κ3) is 3.45. The van der Waals surface area contributed by atoms with E-state index in [9.17, 15) is 18.6 Å². The first kappa shape index (κ1) is 19.0. The van der Waals surface area contributed by atoms with Crippen LogP contribution in [0.1, 0.15) is 26.2 Å². The molecule has 0 saturated carbocycles. The molecule has 2 aromatic heterocycles. The molecule has 4 heterocycles. The van der Waals surface area contributed by atoms with Crippen molar-refractivity contribution < 1.29 is 27.9 Å². The maximum atomic E-state index is 13.0. The standard InChI is InChI=1S/C17H22N2O6S2/c1-16(21)11-17(24-10-14(16)20)5-8-19(9-6-17)27(22,23)15-3-2-13(26-15)12-4-7-18-25-12/h2-4,7,14,20-21H,5-6,8-11H2,1H3/t14-,16-/m0/s1. The van der Waals surface area contributed by atoms with Crippen LogP contribution in [0.4, 0.5) is 0 Å². The van der Waals surface area contributed by atoms with Gasteiger partial charge in [-0.2, -0.15) is 4.31 Å². The van der Waals surface area contributed by atoms with Crippen molar-refractivity contribution in [3.8, 4) is 10.6 Å². The summed E-state index contributed by atoms with van der Waals surface area (Å²) in [4.78, 5) is 0.709. The van der Waals surface area contributed by atoms with Crippen molar-refractivity contribution in [2.45, 2.75) is 47.7 Å². The monoisotopic (exact) mass is 414 g/mol. The number of hydrogen-bond donors (Lipinski definition) is 2. The fourth-order valence-electron chi connectivity index (χ4n) is 3.77. The van der Waals surface area contributed by atoms with Gasteiger partial charge in [0.05, 0.1) is 28.9 Å². The maximum Gasteiger partial charge on any atom is 0.252 e. The summed E-state index contributed by atoms with van der Waals surface area (Å²) in [7, 11) is -3.60. The number of sulfonamides is 1. The number of aliphatic hydroxyl groups is 2. The van der Waals surface area contributed by atoms with Gasteiger partial charge in [-0.25, -0.2) is 8.42 Å². The zero-order chi connectivity index (χ0) is 19.3. The van der Waals surface area contributed by atoms with E-state index < -0.39 is 27.3 Å². The molecule has 2 fully saturated rings. The molecule has 0 unspecified atom stereocenters. The van der Waals surface area contributed by atoms with Crippen LogP contribution in [-0.4, -0.2) is 65.1 Å². The molecule has 4 rings (SSSR count). The van der Waals surface area contributed by atoms with Crippen LogP contribution in [0.25, 0.3) is 10.6 Å². The van der Waals surface area contributed by atoms with Gasteiger partial charge in [0.1, 0.15) is 10.3 Å². The molecule has 2 atom stereocenters. The van der Waals surface area contributed by atoms with Crippen LogP contribution >= 0.6 is 11.3 Å². The van der Waals surface area contributed by atoms with Crippen molar-refractivity contribution in [3.05, 3.63) is 24.4 Å². The molecule has 2 saturated heterocycles. The lowest BCUT2D eigenvalue weighted by molar-refractivity contribution is -0.220. The van der Waals surface area contributed by atoms with Crippen LogP contribution in [0.5, 0.6) is 0 Å². The number of thiophene rings is 1. The topological polar surface area (TPSA) is 113 Å². The van der Waals surface area contributed by atoms with Crippen LogP contribution in [0, 0.1) is 0 Å². The number of piperidine rings is 1. The molecule has 0 radical (unpaired) electrons. The number of rotatable bonds is 3. The van der Waals surface area contributed by atoms with Gasteiger partial charge in [0.15, 0.2) is 5.76 Å². The molecule has 1 spiro atoms. The first-order valence-corrected chi connectivity index (χ1v) is 11.0. The van der Waals surface area contributed by atoms with Gasteiger partial charge >= 0.3 is 0 Å². The number of aromatic nitrogens is 1. The maximum absolute atomic E-state index is 13.0. The highest BCUT2D eigenvalue weighted by Gasteiger charge is 2.49. The first-order chi connectivity index (χ1) is 12.7. The minimum absolute atomic E-state index is 0.0607. The molecule has 27 heavy (non-hydrogen) atoms. The summed E-state index contributed by atoms with van der Waals surface area (Å²) in [5.41, 5.74) is -1.81. The average molecular weight is 415 g/mol. The summed E-state index contributed by atoms with van der Waals surface area (Å²) >= 11 is 1.15. The van der Waals surface area contributed by atoms with E-state index in [4.69, 9.17) is 9.26 Å². The van der Waals surface area contributed by atoms with E-state index in [1.807, 2.05) is 0 Å². The van der Waals surface area contributed by atoms with E-state index in [2.05, 4.69) is 5.16 Å². The molecule has 8 nitrogen and oxygen atoms in total. The molecule has 0 bridgehead atoms. The number of ether oxygens (including phenoxy) is 1. The van der Waals surface area contributed by atoms with Gasteiger partial charge < -0.3 is 19.5 Å². The summed E-state index contributed by atoms with van der Waals surface area (Å²) in [6, 6.07) is 4.99. The van der Waals surface area contributed by atoms with Gasteiger partial charge in [0.25, 0.3) is 10.0 Å². The third-order valence-corrected chi connectivity index (χ3v) is 8.90. The summed E-state index contributed by atoms with van der Waals surface area (Å²) in [6.07, 6.45) is 1.85. The van der Waals surface area contributed by atoms with E-state index in [-0.39, 0.29) is 10.8 Å². The molecule has 10 heteroatoms. The smallest absolute Gasteiger partial charge is 0.252 e. The van der Waals surface area contributed by atoms with Gasteiger partial charge in [0.2, 0.25) is 0 Å². The molecule has 2 aromatic rings. The summed E-state index contributed by atoms with van der Waals surface area (Å²) in [5.74, 6) is 0.537. The van der Waals surface area contributed by atoms with Crippen molar-refractivity contribution in [1.82, 2.24) is 9.46 Å². The second kappa shape index (κ2) is 6.64. The number of hydrogen-bond acceptors (Lipinski definition) is 8. The van der Waals surface area contributed by atoms with Gasteiger partial charge in [-0.1, -0.05) is 5.16 Å². The molecule has 0 aliphatic carbocycles. The van der Waals surface area contributed by atoms with Gasteiger partial charge in [-0.3, -0.25) is 0 Å². The highest BCUT2D eigenvalue weighted by Crippen LogP contribution is 2.41. The Morgan fingerprint density at radius 2 is 2.04 bits per heavy atom. The SMILES string of the molecule is C[C@]1(O)CC2(CCN(S(=O)(=O)c3ccc(-c4ccno4)s3)CC2)OC[C@@H]1O. The summed E-state index contributed by atoms with van der Waals surface area (Å²) < 4.78 is 38.6. The van der Waals surface area contributed by atoms with Crippen LogP contribution in [-0.2, 0) is 14.8 Å². The molecular formula is C17H22N2O6S2. The molecular weight excluding hydrogens is 392 g/mol. The summed E-state index contributed by atoms with van der Waals surface area (Å²) in [5, 5.41) is 23.9. The zero-order valence-corrected chi connectivity index (χ0v) is 16.5. The van der Waals surface area contributed by atoms with Crippen molar-refractivity contribution in [1.29, 1.82) is 0 Å². The fraction of sp³-hybridized carbons (Fsp3) is 0.588. The van der Waals surface area contributed by atoms with Crippen molar-refractivity contribution >= 4 is 21.4 Å². The van der Waals surface area contributed by atoms with Gasteiger partial charge in [-0.15, -0.1) is 11.3 Å². The minimum atomic E-state index is -3.60. The lowest BCUT2D eigenvalue weighted by Gasteiger charge is -2.49. The third-order valence-electron chi connectivity index (χ3n) is 5.44. The van der Waals surface area contributed by atoms with E-state index >= 15 is 0 Å². The van der Waals surface area contributed by atoms with Crippen molar-refractivity contribution in [2.75, 3.05) is 19.7 Å². The molecule has 0 amide bonds. The van der Waals surface area contributed by atoms with Crippen LogP contribution in [0.2, 0.25) is 0 Å². The Hall–Kier alpha value is -1.30. The Morgan fingerprint density at radius 1 is 1.30 bits per heavy atom. The lowest BCUT2D eigenvalue weighted by atomic mass is 9.77. The van der Waals surface area contributed by atoms with Gasteiger partial charge in [0, 0.05) is 25.6 Å². The van der Waals surface area contributed by atoms with Crippen LogP contribution < -0.4 is 0 Å². The predicted octanol–water partition coefficient (Wildman–Crippen LogP) is 1.46. The molecule has 2 aliphatic heterocycles. The van der Waals surface area contributed by atoms with E-state index in [1.165, 1.54) is 10.5 Å². The Bertz CT molecular complexity index is 898. The van der Waals surface area contributed by atoms with Crippen molar-refractivity contribution in [2.24, 2.45) is 0 Å².